The van der Waals surface area contributed by atoms with Crippen LogP contribution in [-0.2, 0) is 38.1 Å². The number of fused-ring (bicyclic) bond motifs is 7. The Morgan fingerprint density at radius 2 is 1.28 bits per heavy atom. The Balaban J connectivity index is 1.17. The minimum atomic E-state index is -2.05. The summed E-state index contributed by atoms with van der Waals surface area (Å²) in [5.41, 5.74) is -1.81. The van der Waals surface area contributed by atoms with Crippen LogP contribution in [0.25, 0.3) is 0 Å². The lowest BCUT2D eigenvalue weighted by Gasteiger charge is -2.70. The van der Waals surface area contributed by atoms with Crippen molar-refractivity contribution in [2.24, 2.45) is 50.2 Å². The number of aliphatic hydroxyl groups excluding tert-OH is 5. The van der Waals surface area contributed by atoms with Crippen molar-refractivity contribution >= 4 is 23.7 Å². The normalized spacial score (nSPS) is 52.6. The molecule has 6 fully saturated rings. The van der Waals surface area contributed by atoms with Gasteiger partial charge in [-0.3, -0.25) is 9.59 Å². The van der Waals surface area contributed by atoms with Gasteiger partial charge in [0.25, 0.3) is 0 Å². The number of rotatable bonds is 7. The summed E-state index contributed by atoms with van der Waals surface area (Å²) in [6.45, 7) is 14.8. The van der Waals surface area contributed by atoms with Gasteiger partial charge in [-0.15, -0.1) is 0 Å². The van der Waals surface area contributed by atoms with E-state index in [0.717, 1.165) is 37.7 Å². The number of hydrogen-bond donors (Lipinski definition) is 8. The van der Waals surface area contributed by atoms with Crippen LogP contribution in [0.15, 0.2) is 11.6 Å². The molecule has 2 aliphatic heterocycles. The van der Waals surface area contributed by atoms with E-state index in [2.05, 4.69) is 27.7 Å². The molecule has 2 heterocycles. The average Bonchev–Trinajstić information content (AvgIpc) is 3.13. The van der Waals surface area contributed by atoms with Crippen LogP contribution in [0.4, 0.5) is 0 Å². The van der Waals surface area contributed by atoms with Crippen molar-refractivity contribution in [3.05, 3.63) is 11.6 Å². The molecule has 0 aromatic heterocycles. The number of aliphatic carboxylic acids is 3. The lowest BCUT2D eigenvalue weighted by Crippen LogP contribution is -2.68. The highest BCUT2D eigenvalue weighted by atomic mass is 16.8. The van der Waals surface area contributed by atoms with E-state index in [9.17, 15) is 60.0 Å². The van der Waals surface area contributed by atoms with Gasteiger partial charge in [0.15, 0.2) is 30.6 Å². The van der Waals surface area contributed by atoms with Crippen molar-refractivity contribution in [2.45, 2.75) is 174 Å². The van der Waals surface area contributed by atoms with Gasteiger partial charge in [0.2, 0.25) is 0 Å². The summed E-state index contributed by atoms with van der Waals surface area (Å²) in [5.74, 6) is -4.47. The van der Waals surface area contributed by atoms with Crippen LogP contribution in [0.5, 0.6) is 0 Å². The first-order chi connectivity index (χ1) is 26.8. The second-order valence-electron chi connectivity index (χ2n) is 20.6. The third-order valence-corrected chi connectivity index (χ3v) is 17.2. The van der Waals surface area contributed by atoms with E-state index < -0.39 is 107 Å². The Hall–Kier alpha value is -2.54. The van der Waals surface area contributed by atoms with E-state index in [-0.39, 0.29) is 34.4 Å². The molecule has 4 saturated carbocycles. The summed E-state index contributed by atoms with van der Waals surface area (Å²) < 4.78 is 23.4. The summed E-state index contributed by atoms with van der Waals surface area (Å²) in [6, 6.07) is 0. The number of carboxylic acids is 3. The highest BCUT2D eigenvalue weighted by molar-refractivity contribution is 5.95. The Kier molecular flexibility index (Phi) is 10.7. The zero-order chi connectivity index (χ0) is 42.9. The molecule has 2 saturated heterocycles. The molecule has 0 bridgehead atoms. The number of carboxylic acid groups (broad SMARTS) is 3. The lowest BCUT2D eigenvalue weighted by atomic mass is 9.33. The van der Waals surface area contributed by atoms with Crippen LogP contribution in [0.1, 0.15) is 106 Å². The maximum atomic E-state index is 14.8. The van der Waals surface area contributed by atoms with Crippen molar-refractivity contribution in [2.75, 3.05) is 0 Å². The number of ketones is 1. The molecule has 5 aliphatic carbocycles. The molecule has 0 aromatic rings. The Morgan fingerprint density at radius 1 is 0.690 bits per heavy atom. The van der Waals surface area contributed by atoms with Crippen molar-refractivity contribution in [1.82, 2.24) is 0 Å². The zero-order valence-corrected chi connectivity index (χ0v) is 34.4. The molecule has 0 aromatic carbocycles. The molecule has 58 heavy (non-hydrogen) atoms. The van der Waals surface area contributed by atoms with Crippen LogP contribution < -0.4 is 0 Å². The average molecular weight is 823 g/mol. The smallest absolute Gasteiger partial charge is 0.335 e. The molecule has 0 amide bonds. The highest BCUT2D eigenvalue weighted by Crippen LogP contribution is 2.75. The predicted octanol–water partition coefficient (Wildman–Crippen LogP) is 2.25. The van der Waals surface area contributed by atoms with Crippen LogP contribution in [0.3, 0.4) is 0 Å². The number of hydrogen-bond acceptors (Lipinski definition) is 13. The van der Waals surface area contributed by atoms with Crippen molar-refractivity contribution in [3.8, 4) is 0 Å². The lowest BCUT2D eigenvalue weighted by molar-refractivity contribution is -0.371. The SMILES string of the molecule is CC1(C)[C@@H](O[C@@H]2OC(C(=O)O)[C@@H](O)C(O)C2O[C@@H]2OC(C(=O)O)[C@@H](O)C(O)C2O)CC[C@]2(C)[C@H]3C(=O)C=C4[C@@H]5C[C@@](C)(C(=O)O)CC[C@]5(C)CC[C@@]4(C)[C@]3(C)CC[C@@H]12. The second kappa shape index (κ2) is 14.3. The Labute approximate surface area is 337 Å². The Bertz CT molecular complexity index is 1730. The predicted molar refractivity (Wildman–Crippen MR) is 199 cm³/mol. The molecule has 19 atom stereocenters. The minimum Gasteiger partial charge on any atom is -0.481 e. The van der Waals surface area contributed by atoms with Gasteiger partial charge in [-0.05, 0) is 110 Å². The van der Waals surface area contributed by atoms with Gasteiger partial charge in [0, 0.05) is 5.92 Å². The van der Waals surface area contributed by atoms with E-state index in [4.69, 9.17) is 18.9 Å². The minimum absolute atomic E-state index is 0.0217. The standard InChI is InChI=1S/C42H62O16/c1-37(2)21-8-11-42(7)31(20(43)16-18-19-17-39(4,36(53)54)13-12-38(19,3)14-15-41(18,42)6)40(21,5)10-9-22(37)55-35-30(26(47)25(46)29(57-35)33(51)52)58-34-27(48)23(44)24(45)28(56-34)32(49)50/h16,19,21-31,34-35,44-48H,8-15,17H2,1-7H3,(H,49,50)(H,51,52)(H,53,54)/t19-,21-,22-,23?,24-,25-,26?,27?,28?,29?,30?,31+,34-,35+,38+,39-,40-,41+,42+/m0/s1. The van der Waals surface area contributed by atoms with Gasteiger partial charge in [-0.1, -0.05) is 47.1 Å². The van der Waals surface area contributed by atoms with Crippen LogP contribution >= 0.6 is 0 Å². The molecular weight excluding hydrogens is 760 g/mol. The monoisotopic (exact) mass is 822 g/mol. The molecule has 0 radical (unpaired) electrons. The van der Waals surface area contributed by atoms with Crippen molar-refractivity contribution in [3.63, 3.8) is 0 Å². The third kappa shape index (κ3) is 6.25. The molecule has 7 aliphatic rings. The van der Waals surface area contributed by atoms with E-state index in [1.54, 1.807) is 0 Å². The molecule has 7 rings (SSSR count). The summed E-state index contributed by atoms with van der Waals surface area (Å²) in [4.78, 5) is 51.3. The fourth-order valence-corrected chi connectivity index (χ4v) is 13.4. The molecule has 16 heteroatoms. The van der Waals surface area contributed by atoms with Crippen LogP contribution in [0.2, 0.25) is 0 Å². The molecule has 16 nitrogen and oxygen atoms in total. The first-order valence-corrected chi connectivity index (χ1v) is 20.7. The fourth-order valence-electron chi connectivity index (χ4n) is 13.4. The van der Waals surface area contributed by atoms with Gasteiger partial charge in [0.1, 0.15) is 36.6 Å². The van der Waals surface area contributed by atoms with Gasteiger partial charge in [-0.2, -0.15) is 0 Å². The van der Waals surface area contributed by atoms with Gasteiger partial charge in [-0.25, -0.2) is 9.59 Å². The molecule has 6 unspecified atom stereocenters. The summed E-state index contributed by atoms with van der Waals surface area (Å²) >= 11 is 0. The number of carbonyl (C=O) groups is 4. The molecule has 8 N–H and O–H groups in total. The topological polar surface area (TPSA) is 267 Å². The van der Waals surface area contributed by atoms with Crippen molar-refractivity contribution in [1.29, 1.82) is 0 Å². The quantitative estimate of drug-likeness (QED) is 0.171. The number of ether oxygens (including phenoxy) is 4. The maximum absolute atomic E-state index is 14.8. The van der Waals surface area contributed by atoms with E-state index in [0.29, 0.717) is 25.7 Å². The van der Waals surface area contributed by atoms with Crippen LogP contribution in [-0.4, -0.2) is 132 Å². The number of allylic oxidation sites excluding steroid dienone is 2. The van der Waals surface area contributed by atoms with Crippen LogP contribution in [0, 0.1) is 50.2 Å². The van der Waals surface area contributed by atoms with E-state index >= 15 is 0 Å². The first-order valence-electron chi connectivity index (χ1n) is 20.7. The third-order valence-electron chi connectivity index (χ3n) is 17.2. The molecule has 0 spiro atoms. The number of aliphatic hydroxyl groups is 5. The number of carbonyl (C=O) groups excluding carboxylic acids is 1. The maximum Gasteiger partial charge on any atom is 0.335 e. The first kappa shape index (κ1) is 43.5. The van der Waals surface area contributed by atoms with E-state index in [1.165, 1.54) is 0 Å². The zero-order valence-electron chi connectivity index (χ0n) is 34.4. The summed E-state index contributed by atoms with van der Waals surface area (Å²) in [7, 11) is 0. The summed E-state index contributed by atoms with van der Waals surface area (Å²) in [5, 5.41) is 83.0. The molecular formula is C42H62O16. The largest absolute Gasteiger partial charge is 0.481 e. The Morgan fingerprint density at radius 3 is 1.88 bits per heavy atom. The summed E-state index contributed by atoms with van der Waals surface area (Å²) in [6.07, 6.45) is -12.2. The van der Waals surface area contributed by atoms with Gasteiger partial charge >= 0.3 is 17.9 Å². The van der Waals surface area contributed by atoms with E-state index in [1.807, 2.05) is 26.8 Å². The molecule has 326 valence electrons. The van der Waals surface area contributed by atoms with Gasteiger partial charge in [0.05, 0.1) is 11.5 Å². The second-order valence-corrected chi connectivity index (χ2v) is 20.6. The highest BCUT2D eigenvalue weighted by Gasteiger charge is 2.71. The fraction of sp³-hybridized carbons (Fsp3) is 0.857. The van der Waals surface area contributed by atoms with Gasteiger partial charge < -0.3 is 59.8 Å². The van der Waals surface area contributed by atoms with Crippen molar-refractivity contribution < 1.29 is 79.0 Å².